The predicted octanol–water partition coefficient (Wildman–Crippen LogP) is 5.91. The molecule has 1 amide bonds. The molecule has 0 bridgehead atoms. The van der Waals surface area contributed by atoms with Crippen molar-refractivity contribution in [2.75, 3.05) is 12.4 Å². The molecule has 0 aliphatic heterocycles. The first-order valence-corrected chi connectivity index (χ1v) is 12.8. The molecule has 2 aliphatic carbocycles. The normalized spacial score (nSPS) is 16.7. The van der Waals surface area contributed by atoms with Gasteiger partial charge in [-0.3, -0.25) is 0 Å². The van der Waals surface area contributed by atoms with Crippen LogP contribution in [0.5, 0.6) is 0 Å². The van der Waals surface area contributed by atoms with Crippen LogP contribution in [-0.4, -0.2) is 41.3 Å². The van der Waals surface area contributed by atoms with Gasteiger partial charge >= 0.3 is 12.1 Å². The molecule has 33 heavy (non-hydrogen) atoms. The van der Waals surface area contributed by atoms with E-state index in [1.54, 1.807) is 11.8 Å². The van der Waals surface area contributed by atoms with E-state index in [2.05, 4.69) is 50.4 Å². The van der Waals surface area contributed by atoms with Crippen molar-refractivity contribution in [2.24, 2.45) is 0 Å². The molecule has 1 fully saturated rings. The largest absolute Gasteiger partial charge is 0.461 e. The Morgan fingerprint density at radius 1 is 1.00 bits per heavy atom. The summed E-state index contributed by atoms with van der Waals surface area (Å²) in [5.74, 6) is 0.0577. The van der Waals surface area contributed by atoms with E-state index in [1.807, 2.05) is 24.3 Å². The zero-order valence-corrected chi connectivity index (χ0v) is 20.5. The number of rotatable bonds is 7. The Labute approximate surface area is 200 Å². The van der Waals surface area contributed by atoms with Crippen LogP contribution in [0.25, 0.3) is 11.1 Å². The summed E-state index contributed by atoms with van der Waals surface area (Å²) in [6.45, 7) is 6.48. The fraction of sp³-hybridized carbons (Fsp3) is 0.481. The van der Waals surface area contributed by atoms with E-state index in [0.717, 1.165) is 36.8 Å². The molecule has 176 valence electrons. The zero-order valence-electron chi connectivity index (χ0n) is 19.6. The van der Waals surface area contributed by atoms with Crippen LogP contribution in [0.1, 0.15) is 63.5 Å². The molecule has 0 radical (unpaired) electrons. The van der Waals surface area contributed by atoms with Gasteiger partial charge in [0.15, 0.2) is 0 Å². The molecule has 4 rings (SSSR count). The molecule has 0 aromatic heterocycles. The average molecular weight is 468 g/mol. The van der Waals surface area contributed by atoms with E-state index in [-0.39, 0.29) is 29.3 Å². The van der Waals surface area contributed by atoms with Gasteiger partial charge in [0.25, 0.3) is 0 Å². The molecule has 5 nitrogen and oxygen atoms in total. The van der Waals surface area contributed by atoms with Gasteiger partial charge in [0, 0.05) is 16.4 Å². The van der Waals surface area contributed by atoms with Crippen molar-refractivity contribution in [1.82, 2.24) is 5.32 Å². The van der Waals surface area contributed by atoms with Gasteiger partial charge in [-0.25, -0.2) is 9.59 Å². The second kappa shape index (κ2) is 10.2. The van der Waals surface area contributed by atoms with Gasteiger partial charge < -0.3 is 14.8 Å². The fourth-order valence-electron chi connectivity index (χ4n) is 4.54. The highest BCUT2D eigenvalue weighted by molar-refractivity contribution is 8.00. The Kier molecular flexibility index (Phi) is 7.32. The second-order valence-electron chi connectivity index (χ2n) is 9.79. The highest BCUT2D eigenvalue weighted by Gasteiger charge is 2.31. The molecule has 1 N–H and O–H groups in total. The number of fused-ring (bicyclic) bond motifs is 3. The van der Waals surface area contributed by atoms with Gasteiger partial charge in [-0.2, -0.15) is 11.8 Å². The van der Waals surface area contributed by atoms with Crippen molar-refractivity contribution >= 4 is 23.8 Å². The van der Waals surface area contributed by atoms with E-state index in [1.165, 1.54) is 11.1 Å². The lowest BCUT2D eigenvalue weighted by Gasteiger charge is -2.24. The second-order valence-corrected chi connectivity index (χ2v) is 11.6. The van der Waals surface area contributed by atoms with Crippen LogP contribution in [0.3, 0.4) is 0 Å². The maximum atomic E-state index is 12.8. The van der Waals surface area contributed by atoms with Gasteiger partial charge in [0.2, 0.25) is 0 Å². The van der Waals surface area contributed by atoms with E-state index in [9.17, 15) is 9.59 Å². The predicted molar refractivity (Wildman–Crippen MR) is 133 cm³/mol. The van der Waals surface area contributed by atoms with E-state index < -0.39 is 12.1 Å². The number of benzene rings is 2. The number of hydrogen-bond acceptors (Lipinski definition) is 5. The fourth-order valence-corrected chi connectivity index (χ4v) is 5.42. The number of esters is 1. The van der Waals surface area contributed by atoms with Crippen LogP contribution >= 0.6 is 11.8 Å². The third kappa shape index (κ3) is 5.91. The molecule has 1 unspecified atom stereocenters. The number of nitrogens with one attached hydrogen (secondary N) is 1. The molecule has 0 spiro atoms. The lowest BCUT2D eigenvalue weighted by atomic mass is 9.98. The molecule has 6 heteroatoms. The molecule has 0 heterocycles. The quantitative estimate of drug-likeness (QED) is 0.513. The summed E-state index contributed by atoms with van der Waals surface area (Å²) in [6, 6.07) is 15.7. The minimum atomic E-state index is -0.731. The van der Waals surface area contributed by atoms with Crippen molar-refractivity contribution < 1.29 is 19.1 Å². The number of thioether (sulfide) groups is 1. The highest BCUT2D eigenvalue weighted by atomic mass is 32.2. The number of alkyl carbamates (subject to hydrolysis) is 1. The molecule has 1 atom stereocenters. The highest BCUT2D eigenvalue weighted by Crippen LogP contribution is 2.44. The van der Waals surface area contributed by atoms with Gasteiger partial charge in [-0.05, 0) is 47.9 Å². The summed E-state index contributed by atoms with van der Waals surface area (Å²) >= 11 is 1.62. The van der Waals surface area contributed by atoms with Crippen molar-refractivity contribution in [3.05, 3.63) is 59.7 Å². The maximum absolute atomic E-state index is 12.8. The van der Waals surface area contributed by atoms with Crippen LogP contribution in [-0.2, 0) is 14.3 Å². The number of ether oxygens (including phenoxy) is 2. The topological polar surface area (TPSA) is 64.6 Å². The summed E-state index contributed by atoms with van der Waals surface area (Å²) in [4.78, 5) is 25.6. The summed E-state index contributed by atoms with van der Waals surface area (Å²) < 4.78 is 11.3. The van der Waals surface area contributed by atoms with Gasteiger partial charge in [0.05, 0.1) is 0 Å². The lowest BCUT2D eigenvalue weighted by Crippen LogP contribution is -2.45. The lowest BCUT2D eigenvalue weighted by molar-refractivity contribution is -0.150. The monoisotopic (exact) mass is 467 g/mol. The summed E-state index contributed by atoms with van der Waals surface area (Å²) in [7, 11) is 0. The number of carbonyl (C=O) groups excluding carboxylic acids is 2. The van der Waals surface area contributed by atoms with E-state index in [4.69, 9.17) is 9.47 Å². The van der Waals surface area contributed by atoms with Crippen molar-refractivity contribution in [3.8, 4) is 11.1 Å². The standard InChI is InChI=1S/C27H33NO4S/c1-27(2,3)33-17-24(25(29)32-18-10-4-5-11-18)28-26(30)31-16-23-21-14-8-6-12-19(21)20-13-7-9-15-22(20)23/h6-9,12-15,18,23-24H,4-5,10-11,16-17H2,1-3H3,(H,28,30). The number of carbonyl (C=O) groups is 2. The van der Waals surface area contributed by atoms with Gasteiger partial charge in [-0.15, -0.1) is 0 Å². The first-order valence-electron chi connectivity index (χ1n) is 11.8. The molecular weight excluding hydrogens is 434 g/mol. The Morgan fingerprint density at radius 3 is 2.15 bits per heavy atom. The van der Waals surface area contributed by atoms with Crippen molar-refractivity contribution in [3.63, 3.8) is 0 Å². The Hall–Kier alpha value is -2.47. The SMILES string of the molecule is CC(C)(C)SCC(NC(=O)OCC1c2ccccc2-c2ccccc21)C(=O)OC1CCCC1. The summed E-state index contributed by atoms with van der Waals surface area (Å²) in [5, 5.41) is 2.78. The Morgan fingerprint density at radius 2 is 1.58 bits per heavy atom. The summed E-state index contributed by atoms with van der Waals surface area (Å²) in [6.07, 6.45) is 3.34. The van der Waals surface area contributed by atoms with Gasteiger partial charge in [-0.1, -0.05) is 69.3 Å². The minimum Gasteiger partial charge on any atom is -0.461 e. The third-order valence-corrected chi connectivity index (χ3v) is 7.55. The summed E-state index contributed by atoms with van der Waals surface area (Å²) in [5.41, 5.74) is 4.68. The Bertz CT molecular complexity index is 948. The van der Waals surface area contributed by atoms with E-state index in [0.29, 0.717) is 5.75 Å². The molecule has 0 saturated heterocycles. The van der Waals surface area contributed by atoms with E-state index >= 15 is 0 Å². The molecule has 1 saturated carbocycles. The molecule has 2 aromatic rings. The van der Waals surface area contributed by atoms with Crippen LogP contribution in [0.15, 0.2) is 48.5 Å². The van der Waals surface area contributed by atoms with Crippen LogP contribution in [0.4, 0.5) is 4.79 Å². The number of amides is 1. The number of hydrogen-bond donors (Lipinski definition) is 1. The van der Waals surface area contributed by atoms with Crippen LogP contribution in [0.2, 0.25) is 0 Å². The Balaban J connectivity index is 1.40. The van der Waals surface area contributed by atoms with Crippen molar-refractivity contribution in [2.45, 2.75) is 69.3 Å². The van der Waals surface area contributed by atoms with Crippen LogP contribution < -0.4 is 5.32 Å². The zero-order chi connectivity index (χ0) is 23.4. The molecular formula is C27H33NO4S. The van der Waals surface area contributed by atoms with Crippen LogP contribution in [0, 0.1) is 0 Å². The average Bonchev–Trinajstić information content (AvgIpc) is 3.40. The first-order chi connectivity index (χ1) is 15.8. The minimum absolute atomic E-state index is 0.0176. The molecule has 2 aromatic carbocycles. The third-order valence-electron chi connectivity index (χ3n) is 6.19. The van der Waals surface area contributed by atoms with Crippen molar-refractivity contribution in [1.29, 1.82) is 0 Å². The maximum Gasteiger partial charge on any atom is 0.407 e. The smallest absolute Gasteiger partial charge is 0.407 e. The first kappa shape index (κ1) is 23.7. The van der Waals surface area contributed by atoms with Gasteiger partial charge in [0.1, 0.15) is 18.8 Å². The molecule has 2 aliphatic rings.